The van der Waals surface area contributed by atoms with E-state index in [0.29, 0.717) is 19.4 Å². The van der Waals surface area contributed by atoms with Gasteiger partial charge in [-0.15, -0.1) is 0 Å². The van der Waals surface area contributed by atoms with E-state index in [1.165, 1.54) is 109 Å². The van der Waals surface area contributed by atoms with Crippen LogP contribution in [-0.4, -0.2) is 100 Å². The predicted octanol–water partition coefficient (Wildman–Crippen LogP) is 12.1. The maximum Gasteiger partial charge on any atom is 0.305 e. The number of ether oxygens (including phenoxy) is 3. The van der Waals surface area contributed by atoms with Crippen LogP contribution in [0.3, 0.4) is 0 Å². The molecule has 0 aromatic heterocycles. The van der Waals surface area contributed by atoms with E-state index in [9.17, 15) is 35.1 Å². The van der Waals surface area contributed by atoms with Crippen LogP contribution in [0.1, 0.15) is 239 Å². The molecular weight excluding hydrogens is 859 g/mol. The van der Waals surface area contributed by atoms with Crippen LogP contribution >= 0.6 is 0 Å². The number of nitrogens with one attached hydrogen (secondary N) is 1. The second-order valence-corrected chi connectivity index (χ2v) is 19.3. The molecule has 7 atom stereocenters. The quantitative estimate of drug-likeness (QED) is 0.0196. The van der Waals surface area contributed by atoms with Crippen LogP contribution in [0.4, 0.5) is 0 Å². The van der Waals surface area contributed by atoms with Crippen LogP contribution < -0.4 is 5.32 Å². The summed E-state index contributed by atoms with van der Waals surface area (Å²) < 4.78 is 16.6. The third-order valence-corrected chi connectivity index (χ3v) is 12.9. The molecule has 6 N–H and O–H groups in total. The number of hydrogen-bond donors (Lipinski definition) is 6. The number of aliphatic hydroxyl groups is 5. The summed E-state index contributed by atoms with van der Waals surface area (Å²) >= 11 is 0. The van der Waals surface area contributed by atoms with Crippen molar-refractivity contribution >= 4 is 11.9 Å². The molecule has 1 rings (SSSR count). The SMILES string of the molecule is CCCCCC/C=C\C/C=C\CCCCCCCC(=O)OCCCCCC/C=C\CCCCCCCCCC(=O)NC(COC1OC(CO)C(O)C(O)C1O)C(O)/C=C/CCCCCCCCC. The van der Waals surface area contributed by atoms with Gasteiger partial charge in [0.05, 0.1) is 32.0 Å². The Bertz CT molecular complexity index is 1270. The Kier molecular flexibility index (Phi) is 44.0. The molecule has 7 unspecified atom stereocenters. The van der Waals surface area contributed by atoms with Crippen LogP contribution in [0.25, 0.3) is 0 Å². The lowest BCUT2D eigenvalue weighted by atomic mass is 9.99. The zero-order valence-electron chi connectivity index (χ0n) is 43.3. The van der Waals surface area contributed by atoms with E-state index >= 15 is 0 Å². The van der Waals surface area contributed by atoms with Gasteiger partial charge in [0.25, 0.3) is 0 Å². The third kappa shape index (κ3) is 36.5. The molecule has 1 fully saturated rings. The summed E-state index contributed by atoms with van der Waals surface area (Å²) in [5.41, 5.74) is 0. The highest BCUT2D eigenvalue weighted by molar-refractivity contribution is 5.76. The Morgan fingerprint density at radius 1 is 0.544 bits per heavy atom. The highest BCUT2D eigenvalue weighted by atomic mass is 16.7. The summed E-state index contributed by atoms with van der Waals surface area (Å²) in [7, 11) is 0. The van der Waals surface area contributed by atoms with Crippen LogP contribution in [0, 0.1) is 0 Å². The number of allylic oxidation sites excluding steroid dienone is 7. The van der Waals surface area contributed by atoms with E-state index in [0.717, 1.165) is 103 Å². The first-order valence-electron chi connectivity index (χ1n) is 27.9. The minimum absolute atomic E-state index is 0.0437. The van der Waals surface area contributed by atoms with Gasteiger partial charge in [-0.25, -0.2) is 0 Å². The lowest BCUT2D eigenvalue weighted by Crippen LogP contribution is -2.60. The fraction of sp³-hybridized carbons (Fsp3) is 0.825. The number of rotatable bonds is 47. The van der Waals surface area contributed by atoms with Gasteiger partial charge in [-0.2, -0.15) is 0 Å². The molecule has 1 heterocycles. The number of esters is 1. The summed E-state index contributed by atoms with van der Waals surface area (Å²) in [6.45, 7) is 4.23. The standard InChI is InChI=1S/C57H103NO10/c1-3-5-7-9-11-13-14-15-16-19-22-25-29-33-37-41-45-53(62)66-46-42-38-34-30-26-23-20-17-18-21-24-28-32-36-40-44-52(61)58-49(50(60)43-39-35-31-27-12-10-8-6-4-2)48-67-57-56(65)55(64)54(63)51(47-59)68-57/h13-14,16,19-20,23,39,43,49-51,54-57,59-60,63-65H,3-12,15,17-18,21-22,24-38,40-42,44-48H2,1-2H3,(H,58,61)/b14-13-,19-16-,23-20-,43-39+. The number of carbonyl (C=O) groups excluding carboxylic acids is 2. The molecule has 1 amide bonds. The number of hydrogen-bond acceptors (Lipinski definition) is 10. The highest BCUT2D eigenvalue weighted by Crippen LogP contribution is 2.23. The molecule has 11 heteroatoms. The molecule has 0 bridgehead atoms. The minimum atomic E-state index is -1.58. The molecule has 396 valence electrons. The molecule has 11 nitrogen and oxygen atoms in total. The number of unbranched alkanes of at least 4 members (excludes halogenated alkanes) is 27. The number of aliphatic hydroxyl groups excluding tert-OH is 5. The van der Waals surface area contributed by atoms with Gasteiger partial charge in [0.15, 0.2) is 6.29 Å². The van der Waals surface area contributed by atoms with Crippen molar-refractivity contribution < 1.29 is 49.3 Å². The smallest absolute Gasteiger partial charge is 0.305 e. The molecule has 0 aromatic carbocycles. The van der Waals surface area contributed by atoms with Crippen molar-refractivity contribution in [2.24, 2.45) is 0 Å². The first-order chi connectivity index (χ1) is 33.2. The fourth-order valence-electron chi connectivity index (χ4n) is 8.40. The lowest BCUT2D eigenvalue weighted by Gasteiger charge is -2.40. The van der Waals surface area contributed by atoms with Crippen LogP contribution in [0.15, 0.2) is 48.6 Å². The van der Waals surface area contributed by atoms with Crippen molar-refractivity contribution in [2.45, 2.75) is 281 Å². The van der Waals surface area contributed by atoms with Gasteiger partial charge in [0.1, 0.15) is 24.4 Å². The zero-order valence-corrected chi connectivity index (χ0v) is 43.3. The molecule has 1 aliphatic heterocycles. The molecule has 0 radical (unpaired) electrons. The molecule has 0 aliphatic carbocycles. The molecule has 68 heavy (non-hydrogen) atoms. The van der Waals surface area contributed by atoms with E-state index in [1.54, 1.807) is 6.08 Å². The summed E-state index contributed by atoms with van der Waals surface area (Å²) in [6, 6.07) is -0.821. The van der Waals surface area contributed by atoms with Crippen molar-refractivity contribution in [3.05, 3.63) is 48.6 Å². The molecule has 0 saturated carbocycles. The van der Waals surface area contributed by atoms with E-state index in [2.05, 4.69) is 55.6 Å². The average molecular weight is 962 g/mol. The normalized spacial score (nSPS) is 19.8. The first kappa shape index (κ1) is 63.6. The van der Waals surface area contributed by atoms with Crippen molar-refractivity contribution in [3.8, 4) is 0 Å². The second-order valence-electron chi connectivity index (χ2n) is 19.3. The van der Waals surface area contributed by atoms with E-state index in [4.69, 9.17) is 14.2 Å². The van der Waals surface area contributed by atoms with Gasteiger partial charge in [-0.1, -0.05) is 184 Å². The monoisotopic (exact) mass is 962 g/mol. The lowest BCUT2D eigenvalue weighted by molar-refractivity contribution is -0.302. The van der Waals surface area contributed by atoms with Crippen molar-refractivity contribution in [3.63, 3.8) is 0 Å². The Morgan fingerprint density at radius 3 is 1.51 bits per heavy atom. The van der Waals surface area contributed by atoms with Gasteiger partial charge in [-0.3, -0.25) is 9.59 Å². The zero-order chi connectivity index (χ0) is 49.6. The molecular formula is C57H103NO10. The number of amides is 1. The molecule has 0 aromatic rings. The van der Waals surface area contributed by atoms with E-state index in [1.807, 2.05) is 6.08 Å². The van der Waals surface area contributed by atoms with E-state index < -0.39 is 49.5 Å². The third-order valence-electron chi connectivity index (χ3n) is 12.9. The molecule has 0 spiro atoms. The van der Waals surface area contributed by atoms with Crippen LogP contribution in [0.5, 0.6) is 0 Å². The summed E-state index contributed by atoms with van der Waals surface area (Å²) in [4.78, 5) is 25.0. The molecule has 1 saturated heterocycles. The largest absolute Gasteiger partial charge is 0.466 e. The van der Waals surface area contributed by atoms with Gasteiger partial charge in [0, 0.05) is 12.8 Å². The highest BCUT2D eigenvalue weighted by Gasteiger charge is 2.44. The maximum absolute atomic E-state index is 13.0. The summed E-state index contributed by atoms with van der Waals surface area (Å²) in [5, 5.41) is 54.1. The summed E-state index contributed by atoms with van der Waals surface area (Å²) in [6.07, 6.45) is 47.7. The Labute approximate surface area is 415 Å². The maximum atomic E-state index is 13.0. The van der Waals surface area contributed by atoms with Gasteiger partial charge >= 0.3 is 5.97 Å². The van der Waals surface area contributed by atoms with E-state index in [-0.39, 0.29) is 18.5 Å². The van der Waals surface area contributed by atoms with Gasteiger partial charge in [-0.05, 0) is 89.9 Å². The first-order valence-corrected chi connectivity index (χ1v) is 27.9. The van der Waals surface area contributed by atoms with Crippen LogP contribution in [0.2, 0.25) is 0 Å². The minimum Gasteiger partial charge on any atom is -0.466 e. The number of carbonyl (C=O) groups is 2. The van der Waals surface area contributed by atoms with Gasteiger partial charge in [0.2, 0.25) is 5.91 Å². The second kappa shape index (κ2) is 47.0. The Balaban J connectivity index is 2.09. The molecule has 1 aliphatic rings. The Morgan fingerprint density at radius 2 is 0.985 bits per heavy atom. The Hall–Kier alpha value is -2.38. The fourth-order valence-corrected chi connectivity index (χ4v) is 8.40. The topological polar surface area (TPSA) is 175 Å². The van der Waals surface area contributed by atoms with Crippen LogP contribution in [-0.2, 0) is 23.8 Å². The van der Waals surface area contributed by atoms with Gasteiger partial charge < -0.3 is 45.1 Å². The average Bonchev–Trinajstić information content (AvgIpc) is 3.33. The van der Waals surface area contributed by atoms with Crippen molar-refractivity contribution in [1.29, 1.82) is 0 Å². The van der Waals surface area contributed by atoms with Crippen molar-refractivity contribution in [2.75, 3.05) is 19.8 Å². The predicted molar refractivity (Wildman–Crippen MR) is 278 cm³/mol. The van der Waals surface area contributed by atoms with Crippen molar-refractivity contribution in [1.82, 2.24) is 5.32 Å². The summed E-state index contributed by atoms with van der Waals surface area (Å²) in [5.74, 6) is -0.245.